The van der Waals surface area contributed by atoms with Crippen LogP contribution in [0.1, 0.15) is 22.7 Å². The third-order valence-electron chi connectivity index (χ3n) is 3.06. The summed E-state index contributed by atoms with van der Waals surface area (Å²) >= 11 is 0. The Kier molecular flexibility index (Phi) is 4.54. The van der Waals surface area contributed by atoms with Gasteiger partial charge in [0, 0.05) is 12.4 Å². The van der Waals surface area contributed by atoms with Crippen molar-refractivity contribution in [3.05, 3.63) is 65.2 Å². The van der Waals surface area contributed by atoms with E-state index in [0.717, 1.165) is 17.7 Å². The molecule has 1 unspecified atom stereocenters. The van der Waals surface area contributed by atoms with Crippen molar-refractivity contribution in [3.63, 3.8) is 0 Å². The maximum absolute atomic E-state index is 13.3. The Balaban J connectivity index is 2.30. The fourth-order valence-corrected chi connectivity index (χ4v) is 2.00. The number of halogens is 4. The normalized spacial score (nSPS) is 13.2. The summed E-state index contributed by atoms with van der Waals surface area (Å²) in [6.45, 7) is 0. The second-order valence-electron chi connectivity index (χ2n) is 4.52. The number of hydrogen-bond acceptors (Lipinski definition) is 3. The first-order valence-electron chi connectivity index (χ1n) is 6.13. The molecule has 0 aliphatic rings. The Bertz CT molecular complexity index is 599. The van der Waals surface area contributed by atoms with Crippen molar-refractivity contribution < 1.29 is 17.6 Å². The highest BCUT2D eigenvalue weighted by Gasteiger charge is 2.34. The smallest absolute Gasteiger partial charge is 0.271 e. The Morgan fingerprint density at radius 2 is 2.00 bits per heavy atom. The quantitative estimate of drug-likeness (QED) is 0.518. The third-order valence-corrected chi connectivity index (χ3v) is 3.06. The van der Waals surface area contributed by atoms with E-state index >= 15 is 0 Å². The zero-order valence-electron chi connectivity index (χ0n) is 10.9. The molecule has 1 atom stereocenters. The lowest BCUT2D eigenvalue weighted by Crippen LogP contribution is -2.30. The van der Waals surface area contributed by atoms with Crippen LogP contribution in [0, 0.1) is 5.82 Å². The number of benzene rings is 1. The van der Waals surface area contributed by atoms with Gasteiger partial charge in [-0.05, 0) is 35.7 Å². The van der Waals surface area contributed by atoms with E-state index in [1.807, 2.05) is 0 Å². The zero-order chi connectivity index (χ0) is 15.5. The minimum Gasteiger partial charge on any atom is -0.271 e. The molecular weight excluding hydrogens is 286 g/mol. The summed E-state index contributed by atoms with van der Waals surface area (Å²) in [7, 11) is 0. The molecule has 3 nitrogen and oxygen atoms in total. The number of nitrogens with one attached hydrogen (secondary N) is 1. The largest absolute Gasteiger partial charge is 0.419 e. The number of pyridine rings is 1. The van der Waals surface area contributed by atoms with Crippen molar-refractivity contribution in [3.8, 4) is 0 Å². The van der Waals surface area contributed by atoms with Gasteiger partial charge in [-0.25, -0.2) is 4.39 Å². The lowest BCUT2D eigenvalue weighted by Gasteiger charge is -2.18. The van der Waals surface area contributed by atoms with Crippen LogP contribution >= 0.6 is 0 Å². The van der Waals surface area contributed by atoms with Gasteiger partial charge in [0.2, 0.25) is 0 Å². The molecule has 0 aliphatic carbocycles. The first-order valence-corrected chi connectivity index (χ1v) is 6.13. The van der Waals surface area contributed by atoms with Gasteiger partial charge in [0.05, 0.1) is 11.6 Å². The Hall–Kier alpha value is -1.99. The molecule has 0 spiro atoms. The molecule has 7 heteroatoms. The summed E-state index contributed by atoms with van der Waals surface area (Å²) in [6, 6.07) is 5.78. The van der Waals surface area contributed by atoms with E-state index in [0.29, 0.717) is 6.42 Å². The van der Waals surface area contributed by atoms with Crippen LogP contribution in [0.3, 0.4) is 0 Å². The highest BCUT2D eigenvalue weighted by atomic mass is 19.4. The van der Waals surface area contributed by atoms with Gasteiger partial charge < -0.3 is 0 Å². The topological polar surface area (TPSA) is 50.9 Å². The summed E-state index contributed by atoms with van der Waals surface area (Å²) in [5.74, 6) is 4.10. The minimum atomic E-state index is -4.74. The molecule has 0 amide bonds. The fraction of sp³-hybridized carbons (Fsp3) is 0.214. The van der Waals surface area contributed by atoms with Crippen LogP contribution in [0.5, 0.6) is 0 Å². The highest BCUT2D eigenvalue weighted by molar-refractivity contribution is 5.30. The zero-order valence-corrected chi connectivity index (χ0v) is 10.9. The lowest BCUT2D eigenvalue weighted by molar-refractivity contribution is -0.140. The van der Waals surface area contributed by atoms with Crippen molar-refractivity contribution in [2.45, 2.75) is 18.6 Å². The number of rotatable bonds is 4. The summed E-state index contributed by atoms with van der Waals surface area (Å²) in [6.07, 6.45) is -1.21. The Morgan fingerprint density at radius 3 is 2.57 bits per heavy atom. The first kappa shape index (κ1) is 15.4. The molecule has 1 aromatic carbocycles. The van der Waals surface area contributed by atoms with Gasteiger partial charge in [-0.3, -0.25) is 16.3 Å². The molecule has 3 N–H and O–H groups in total. The summed E-state index contributed by atoms with van der Waals surface area (Å²) in [5.41, 5.74) is 2.21. The van der Waals surface area contributed by atoms with Gasteiger partial charge in [0.15, 0.2) is 0 Å². The van der Waals surface area contributed by atoms with Crippen molar-refractivity contribution in [1.82, 2.24) is 10.4 Å². The maximum Gasteiger partial charge on any atom is 0.419 e. The predicted molar refractivity (Wildman–Crippen MR) is 69.4 cm³/mol. The molecule has 2 rings (SSSR count). The number of hydrazine groups is 1. The second-order valence-corrected chi connectivity index (χ2v) is 4.52. The Morgan fingerprint density at radius 1 is 1.24 bits per heavy atom. The molecule has 0 saturated carbocycles. The van der Waals surface area contributed by atoms with Crippen molar-refractivity contribution in [2.75, 3.05) is 0 Å². The van der Waals surface area contributed by atoms with Crippen LogP contribution in [-0.2, 0) is 12.6 Å². The molecule has 0 aliphatic heterocycles. The van der Waals surface area contributed by atoms with Crippen LogP contribution < -0.4 is 11.3 Å². The number of nitrogens with zero attached hydrogens (tertiary/aromatic N) is 1. The Labute approximate surface area is 118 Å². The molecule has 0 saturated heterocycles. The highest BCUT2D eigenvalue weighted by Crippen LogP contribution is 2.33. The van der Waals surface area contributed by atoms with E-state index in [1.165, 1.54) is 6.07 Å². The van der Waals surface area contributed by atoms with Gasteiger partial charge in [0.1, 0.15) is 5.82 Å². The molecule has 0 radical (unpaired) electrons. The predicted octanol–water partition coefficient (Wildman–Crippen LogP) is 2.99. The molecule has 21 heavy (non-hydrogen) atoms. The average molecular weight is 299 g/mol. The molecule has 112 valence electrons. The maximum atomic E-state index is 13.3. The summed E-state index contributed by atoms with van der Waals surface area (Å²) < 4.78 is 51.4. The van der Waals surface area contributed by atoms with Crippen LogP contribution in [0.4, 0.5) is 17.6 Å². The molecule has 1 heterocycles. The van der Waals surface area contributed by atoms with E-state index in [4.69, 9.17) is 5.84 Å². The molecule has 0 bridgehead atoms. The van der Waals surface area contributed by atoms with E-state index in [2.05, 4.69) is 10.4 Å². The number of aromatic nitrogens is 1. The van der Waals surface area contributed by atoms with Gasteiger partial charge >= 0.3 is 6.18 Å². The van der Waals surface area contributed by atoms with E-state index < -0.39 is 23.6 Å². The lowest BCUT2D eigenvalue weighted by atomic mass is 9.98. The number of hydrogen-bond donors (Lipinski definition) is 2. The van der Waals surface area contributed by atoms with Crippen molar-refractivity contribution >= 4 is 0 Å². The first-order chi connectivity index (χ1) is 9.91. The molecule has 0 fully saturated rings. The standard InChI is InChI=1S/C14H13F4N3/c15-12-4-3-10(7-11(12)14(16,17)18)13(21-19)6-9-2-1-5-20-8-9/h1-5,7-8,13,21H,6,19H2. The minimum absolute atomic E-state index is 0.259. The van der Waals surface area contributed by atoms with Gasteiger partial charge in [0.25, 0.3) is 0 Å². The van der Waals surface area contributed by atoms with Gasteiger partial charge in [-0.15, -0.1) is 0 Å². The molecule has 1 aromatic heterocycles. The number of nitrogens with two attached hydrogens (primary N) is 1. The average Bonchev–Trinajstić information content (AvgIpc) is 2.45. The van der Waals surface area contributed by atoms with E-state index in [1.54, 1.807) is 24.5 Å². The monoisotopic (exact) mass is 299 g/mol. The fourth-order valence-electron chi connectivity index (χ4n) is 2.00. The summed E-state index contributed by atoms with van der Waals surface area (Å²) in [5, 5.41) is 0. The summed E-state index contributed by atoms with van der Waals surface area (Å²) in [4.78, 5) is 3.93. The molecule has 2 aromatic rings. The van der Waals surface area contributed by atoms with Crippen LogP contribution in [0.15, 0.2) is 42.7 Å². The third kappa shape index (κ3) is 3.77. The van der Waals surface area contributed by atoms with Crippen LogP contribution in [-0.4, -0.2) is 4.98 Å². The van der Waals surface area contributed by atoms with Crippen LogP contribution in [0.25, 0.3) is 0 Å². The van der Waals surface area contributed by atoms with Crippen LogP contribution in [0.2, 0.25) is 0 Å². The van der Waals surface area contributed by atoms with Crippen molar-refractivity contribution in [2.24, 2.45) is 5.84 Å². The van der Waals surface area contributed by atoms with Gasteiger partial charge in [-0.2, -0.15) is 13.2 Å². The number of alkyl halides is 3. The van der Waals surface area contributed by atoms with Crippen molar-refractivity contribution in [1.29, 1.82) is 0 Å². The second kappa shape index (κ2) is 6.19. The SMILES string of the molecule is NNC(Cc1cccnc1)c1ccc(F)c(C(F)(F)F)c1. The van der Waals surface area contributed by atoms with E-state index in [9.17, 15) is 17.6 Å². The molecular formula is C14H13F4N3. The van der Waals surface area contributed by atoms with Gasteiger partial charge in [-0.1, -0.05) is 12.1 Å². The van der Waals surface area contributed by atoms with E-state index in [-0.39, 0.29) is 5.56 Å².